The number of hydrogen-bond donors (Lipinski definition) is 1. The van der Waals surface area contributed by atoms with E-state index in [-0.39, 0.29) is 16.4 Å². The van der Waals surface area contributed by atoms with Gasteiger partial charge in [0, 0.05) is 13.8 Å². The van der Waals surface area contributed by atoms with Crippen molar-refractivity contribution in [1.29, 1.82) is 0 Å². The van der Waals surface area contributed by atoms with Gasteiger partial charge in [0.25, 0.3) is 0 Å². The number of carbonyl (C=O) groups is 1. The van der Waals surface area contributed by atoms with E-state index in [1.807, 2.05) is 0 Å². The van der Waals surface area contributed by atoms with Crippen molar-refractivity contribution in [3.63, 3.8) is 0 Å². The molecule has 5 aliphatic rings. The predicted molar refractivity (Wildman–Crippen MR) is 102 cm³/mol. The van der Waals surface area contributed by atoms with Gasteiger partial charge in [0.2, 0.25) is 5.91 Å². The summed E-state index contributed by atoms with van der Waals surface area (Å²) in [6.07, 6.45) is 12.0. The quantitative estimate of drug-likeness (QED) is 0.754. The van der Waals surface area contributed by atoms with Gasteiger partial charge in [-0.2, -0.15) is 0 Å². The van der Waals surface area contributed by atoms with Crippen LogP contribution in [0.25, 0.3) is 0 Å². The van der Waals surface area contributed by atoms with Crippen LogP contribution in [-0.4, -0.2) is 14.7 Å². The van der Waals surface area contributed by atoms with E-state index in [0.29, 0.717) is 11.8 Å². The van der Waals surface area contributed by atoms with Crippen LogP contribution in [0.3, 0.4) is 0 Å². The van der Waals surface area contributed by atoms with Gasteiger partial charge in [-0.15, -0.1) is 0 Å². The number of nitrogens with two attached hydrogens (primary N) is 1. The molecule has 5 rings (SSSR count). The summed E-state index contributed by atoms with van der Waals surface area (Å²) in [5.41, 5.74) is 9.18. The number of allylic oxidation sites excluding steroid dienone is 4. The SMILES string of the molecule is CCC1=C(C2([SiH](C)C)C3CC4CC(C3)CC2(C(N)=O)C4)C(C)C=C1. The first-order valence-corrected chi connectivity index (χ1v) is 13.0. The fourth-order valence-corrected chi connectivity index (χ4v) is 11.7. The highest BCUT2D eigenvalue weighted by molar-refractivity contribution is 6.61. The summed E-state index contributed by atoms with van der Waals surface area (Å²) < 4.78 is 0. The van der Waals surface area contributed by atoms with E-state index in [0.717, 1.165) is 31.1 Å². The number of primary amides is 1. The van der Waals surface area contributed by atoms with Crippen molar-refractivity contribution in [2.45, 2.75) is 70.5 Å². The van der Waals surface area contributed by atoms with Gasteiger partial charge in [0.15, 0.2) is 0 Å². The summed E-state index contributed by atoms with van der Waals surface area (Å²) in [5.74, 6) is 2.74. The van der Waals surface area contributed by atoms with Gasteiger partial charge in [0.1, 0.15) is 0 Å². The molecule has 0 saturated heterocycles. The van der Waals surface area contributed by atoms with Crippen LogP contribution in [0.15, 0.2) is 23.3 Å². The maximum absolute atomic E-state index is 13.0. The zero-order chi connectivity index (χ0) is 17.3. The lowest BCUT2D eigenvalue weighted by Gasteiger charge is -2.69. The molecule has 5 aliphatic carbocycles. The molecular formula is C21H33NOSi. The Morgan fingerprint density at radius 2 is 1.88 bits per heavy atom. The van der Waals surface area contributed by atoms with Crippen molar-refractivity contribution in [1.82, 2.24) is 0 Å². The van der Waals surface area contributed by atoms with Crippen molar-refractivity contribution in [2.75, 3.05) is 0 Å². The highest BCUT2D eigenvalue weighted by atomic mass is 28.3. The number of hydrogen-bond acceptors (Lipinski definition) is 1. The van der Waals surface area contributed by atoms with E-state index in [4.69, 9.17) is 5.73 Å². The minimum atomic E-state index is -1.14. The van der Waals surface area contributed by atoms with Gasteiger partial charge in [-0.1, -0.05) is 44.7 Å². The Morgan fingerprint density at radius 3 is 2.38 bits per heavy atom. The summed E-state index contributed by atoms with van der Waals surface area (Å²) in [4.78, 5) is 13.0. The third-order valence-corrected chi connectivity index (χ3v) is 11.4. The zero-order valence-corrected chi connectivity index (χ0v) is 16.9. The summed E-state index contributed by atoms with van der Waals surface area (Å²) in [6, 6.07) is 0. The molecule has 0 aliphatic heterocycles. The van der Waals surface area contributed by atoms with E-state index in [1.165, 1.54) is 24.8 Å². The minimum Gasteiger partial charge on any atom is -0.369 e. The summed E-state index contributed by atoms with van der Waals surface area (Å²) in [7, 11) is -1.14. The third kappa shape index (κ3) is 1.80. The van der Waals surface area contributed by atoms with Gasteiger partial charge in [-0.3, -0.25) is 4.79 Å². The van der Waals surface area contributed by atoms with Crippen LogP contribution in [0.2, 0.25) is 18.1 Å². The van der Waals surface area contributed by atoms with Crippen LogP contribution >= 0.6 is 0 Å². The Balaban J connectivity index is 1.98. The molecule has 0 heterocycles. The number of carbonyl (C=O) groups excluding carboxylic acids is 1. The Labute approximate surface area is 148 Å². The van der Waals surface area contributed by atoms with Gasteiger partial charge < -0.3 is 5.73 Å². The molecule has 0 aromatic carbocycles. The largest absolute Gasteiger partial charge is 0.369 e. The molecule has 0 aromatic heterocycles. The zero-order valence-electron chi connectivity index (χ0n) is 15.8. The molecule has 4 fully saturated rings. The van der Waals surface area contributed by atoms with Gasteiger partial charge in [-0.25, -0.2) is 0 Å². The smallest absolute Gasteiger partial charge is 0.224 e. The molecule has 4 saturated carbocycles. The van der Waals surface area contributed by atoms with Crippen LogP contribution in [0.4, 0.5) is 0 Å². The average molecular weight is 344 g/mol. The van der Waals surface area contributed by atoms with Crippen LogP contribution < -0.4 is 5.73 Å². The molecule has 4 unspecified atom stereocenters. The predicted octanol–water partition coefficient (Wildman–Crippen LogP) is 4.44. The first-order chi connectivity index (χ1) is 11.4. The standard InChI is InChI=1S/C21H33NOSi/c1-5-16-7-6-13(2)18(16)21(24(3)4)17-9-14-8-15(10-17)12-20(21,11-14)19(22)23/h6-7,13-15,17,24H,5,8-12H2,1-4H3,(H2,22,23). The second kappa shape index (κ2) is 5.33. The topological polar surface area (TPSA) is 43.1 Å². The van der Waals surface area contributed by atoms with Gasteiger partial charge in [-0.05, 0) is 67.8 Å². The lowest BCUT2D eigenvalue weighted by molar-refractivity contribution is -0.150. The first kappa shape index (κ1) is 16.6. The van der Waals surface area contributed by atoms with Crippen molar-refractivity contribution < 1.29 is 4.79 Å². The van der Waals surface area contributed by atoms with Crippen molar-refractivity contribution in [2.24, 2.45) is 34.8 Å². The summed E-state index contributed by atoms with van der Waals surface area (Å²) in [6.45, 7) is 9.63. The normalized spacial score (nSPS) is 46.4. The second-order valence-corrected chi connectivity index (χ2v) is 12.7. The highest BCUT2D eigenvalue weighted by Crippen LogP contribution is 2.77. The lowest BCUT2D eigenvalue weighted by atomic mass is 9.42. The van der Waals surface area contributed by atoms with Crippen LogP contribution in [0.1, 0.15) is 52.4 Å². The Morgan fingerprint density at radius 1 is 1.25 bits per heavy atom. The van der Waals surface area contributed by atoms with E-state index in [1.54, 1.807) is 5.57 Å². The maximum Gasteiger partial charge on any atom is 0.224 e. The molecule has 24 heavy (non-hydrogen) atoms. The first-order valence-electron chi connectivity index (χ1n) is 10.1. The van der Waals surface area contributed by atoms with Gasteiger partial charge >= 0.3 is 0 Å². The van der Waals surface area contributed by atoms with E-state index < -0.39 is 8.80 Å². The maximum atomic E-state index is 13.0. The van der Waals surface area contributed by atoms with Crippen LogP contribution in [-0.2, 0) is 4.79 Å². The Hall–Kier alpha value is -0.833. The molecule has 1 amide bonds. The van der Waals surface area contributed by atoms with Crippen molar-refractivity contribution >= 4 is 14.7 Å². The van der Waals surface area contributed by atoms with Crippen LogP contribution in [0, 0.1) is 29.1 Å². The van der Waals surface area contributed by atoms with E-state index >= 15 is 0 Å². The fraction of sp³-hybridized carbons (Fsp3) is 0.762. The Bertz CT molecular complexity index is 620. The van der Waals surface area contributed by atoms with E-state index in [9.17, 15) is 4.79 Å². The number of amides is 1. The third-order valence-electron chi connectivity index (χ3n) is 8.21. The molecule has 0 spiro atoms. The second-order valence-electron chi connectivity index (χ2n) is 9.45. The molecule has 4 atom stereocenters. The molecule has 3 heteroatoms. The fourth-order valence-electron chi connectivity index (χ4n) is 7.97. The molecular weight excluding hydrogens is 310 g/mol. The molecule has 132 valence electrons. The monoisotopic (exact) mass is 343 g/mol. The minimum absolute atomic E-state index is 0.0323. The average Bonchev–Trinajstić information content (AvgIpc) is 2.88. The molecule has 4 bridgehead atoms. The van der Waals surface area contributed by atoms with Crippen molar-refractivity contribution in [3.8, 4) is 0 Å². The summed E-state index contributed by atoms with van der Waals surface area (Å²) >= 11 is 0. The number of rotatable bonds is 4. The van der Waals surface area contributed by atoms with E-state index in [2.05, 4.69) is 39.1 Å². The lowest BCUT2D eigenvalue weighted by Crippen LogP contribution is -2.65. The van der Waals surface area contributed by atoms with Gasteiger partial charge in [0.05, 0.1) is 5.41 Å². The van der Waals surface area contributed by atoms with Crippen molar-refractivity contribution in [3.05, 3.63) is 23.3 Å². The molecule has 0 aromatic rings. The molecule has 2 N–H and O–H groups in total. The Kier molecular flexibility index (Phi) is 3.69. The highest BCUT2D eigenvalue weighted by Gasteiger charge is 2.70. The molecule has 2 nitrogen and oxygen atoms in total. The summed E-state index contributed by atoms with van der Waals surface area (Å²) in [5, 5.41) is 0.126. The molecule has 0 radical (unpaired) electrons. The van der Waals surface area contributed by atoms with Crippen LogP contribution in [0.5, 0.6) is 0 Å².